The molecule has 2 N–H and O–H groups in total. The molecule has 1 atom stereocenters. The standard InChI is InChI=1S/C28H31N3O5S/c1-28(34,27(32)33)36-26-10-8-20-7-9-21(19-23(20)29-26)35-17-3-2-12-30-13-15-31(16-14-30)24-5-4-6-25-22(24)11-18-37-25/h4-11,18-19,34H,2-3,12-17H2,1H3,(H,32,33). The molecule has 0 aliphatic carbocycles. The van der Waals surface area contributed by atoms with Crippen LogP contribution in [0.5, 0.6) is 11.6 Å². The molecular formula is C28H31N3O5S. The third-order valence-corrected chi connectivity index (χ3v) is 7.54. The van der Waals surface area contributed by atoms with E-state index in [2.05, 4.69) is 44.4 Å². The van der Waals surface area contributed by atoms with Gasteiger partial charge in [-0.25, -0.2) is 9.78 Å². The number of nitrogens with zero attached hydrogens (tertiary/aromatic N) is 3. The Morgan fingerprint density at radius 1 is 1.08 bits per heavy atom. The lowest BCUT2D eigenvalue weighted by molar-refractivity contribution is -0.188. The Morgan fingerprint density at radius 3 is 2.70 bits per heavy atom. The summed E-state index contributed by atoms with van der Waals surface area (Å²) in [6.07, 6.45) is 2.01. The molecule has 8 nitrogen and oxygen atoms in total. The molecule has 9 heteroatoms. The lowest BCUT2D eigenvalue weighted by Gasteiger charge is -2.36. The zero-order chi connectivity index (χ0) is 25.8. The zero-order valence-corrected chi connectivity index (χ0v) is 21.6. The lowest BCUT2D eigenvalue weighted by atomic mass is 10.2. The Bertz CT molecular complexity index is 1380. The van der Waals surface area contributed by atoms with Gasteiger partial charge in [-0.1, -0.05) is 6.07 Å². The number of unbranched alkanes of at least 4 members (excludes halogenated alkanes) is 1. The van der Waals surface area contributed by atoms with Crippen LogP contribution in [0, 0.1) is 0 Å². The summed E-state index contributed by atoms with van der Waals surface area (Å²) in [6, 6.07) is 17.7. The molecule has 2 aromatic heterocycles. The molecule has 0 amide bonds. The van der Waals surface area contributed by atoms with Crippen LogP contribution in [-0.4, -0.2) is 71.2 Å². The first kappa shape index (κ1) is 25.3. The Labute approximate surface area is 219 Å². The van der Waals surface area contributed by atoms with E-state index in [-0.39, 0.29) is 5.88 Å². The van der Waals surface area contributed by atoms with E-state index in [1.165, 1.54) is 21.8 Å². The van der Waals surface area contributed by atoms with E-state index >= 15 is 0 Å². The van der Waals surface area contributed by atoms with E-state index in [0.29, 0.717) is 17.9 Å². The summed E-state index contributed by atoms with van der Waals surface area (Å²) < 4.78 is 12.4. The first-order valence-corrected chi connectivity index (χ1v) is 13.4. The van der Waals surface area contributed by atoms with Crippen LogP contribution in [0.15, 0.2) is 60.0 Å². The van der Waals surface area contributed by atoms with Crippen LogP contribution in [0.2, 0.25) is 0 Å². The molecule has 2 aromatic carbocycles. The van der Waals surface area contributed by atoms with E-state index in [0.717, 1.165) is 57.9 Å². The van der Waals surface area contributed by atoms with Crippen LogP contribution >= 0.6 is 11.3 Å². The van der Waals surface area contributed by atoms with Gasteiger partial charge in [0.2, 0.25) is 5.88 Å². The van der Waals surface area contributed by atoms with Gasteiger partial charge in [-0.3, -0.25) is 4.90 Å². The van der Waals surface area contributed by atoms with Crippen molar-refractivity contribution < 1.29 is 24.5 Å². The van der Waals surface area contributed by atoms with Crippen molar-refractivity contribution in [3.05, 3.63) is 60.0 Å². The molecule has 1 saturated heterocycles. The monoisotopic (exact) mass is 521 g/mol. The van der Waals surface area contributed by atoms with E-state index in [1.54, 1.807) is 23.5 Å². The average molecular weight is 522 g/mol. The van der Waals surface area contributed by atoms with Gasteiger partial charge in [0, 0.05) is 66.4 Å². The number of fused-ring (bicyclic) bond motifs is 2. The highest BCUT2D eigenvalue weighted by atomic mass is 32.1. The normalized spacial score (nSPS) is 16.1. The molecule has 1 aliphatic heterocycles. The summed E-state index contributed by atoms with van der Waals surface area (Å²) in [4.78, 5) is 20.4. The van der Waals surface area contributed by atoms with Crippen LogP contribution in [0.25, 0.3) is 21.0 Å². The second-order valence-corrected chi connectivity index (χ2v) is 10.3. The van der Waals surface area contributed by atoms with Crippen molar-refractivity contribution in [2.45, 2.75) is 25.6 Å². The molecule has 1 fully saturated rings. The van der Waals surface area contributed by atoms with E-state index in [4.69, 9.17) is 14.6 Å². The van der Waals surface area contributed by atoms with Crippen LogP contribution in [0.1, 0.15) is 19.8 Å². The lowest BCUT2D eigenvalue weighted by Crippen LogP contribution is -2.46. The van der Waals surface area contributed by atoms with Crippen molar-refractivity contribution in [3.8, 4) is 11.6 Å². The molecule has 0 saturated carbocycles. The van der Waals surface area contributed by atoms with Crippen molar-refractivity contribution >= 4 is 44.0 Å². The fraction of sp³-hybridized carbons (Fsp3) is 0.357. The first-order valence-electron chi connectivity index (χ1n) is 12.5. The Hall–Kier alpha value is -3.40. The minimum atomic E-state index is -2.35. The second kappa shape index (κ2) is 10.9. The smallest absolute Gasteiger partial charge is 0.376 e. The summed E-state index contributed by atoms with van der Waals surface area (Å²) in [5, 5.41) is 23.3. The third kappa shape index (κ3) is 5.95. The summed E-state index contributed by atoms with van der Waals surface area (Å²) in [7, 11) is 0. The fourth-order valence-electron chi connectivity index (χ4n) is 4.57. The minimum Gasteiger partial charge on any atom is -0.494 e. The van der Waals surface area contributed by atoms with Gasteiger partial charge in [-0.2, -0.15) is 0 Å². The molecule has 0 radical (unpaired) electrons. The molecule has 0 bridgehead atoms. The highest BCUT2D eigenvalue weighted by molar-refractivity contribution is 7.17. The number of aromatic nitrogens is 1. The predicted octanol–water partition coefficient (Wildman–Crippen LogP) is 4.60. The number of hydrogen-bond donors (Lipinski definition) is 2. The number of pyridine rings is 1. The maximum absolute atomic E-state index is 11.1. The van der Waals surface area contributed by atoms with Gasteiger partial charge in [-0.05, 0) is 61.2 Å². The third-order valence-electron chi connectivity index (χ3n) is 6.66. The maximum Gasteiger partial charge on any atom is 0.376 e. The number of piperazine rings is 1. The quantitative estimate of drug-likeness (QED) is 0.231. The molecule has 1 aliphatic rings. The number of rotatable bonds is 10. The summed E-state index contributed by atoms with van der Waals surface area (Å²) in [5.74, 6) is -3.11. The topological polar surface area (TPSA) is 95.4 Å². The number of aliphatic hydroxyl groups is 1. The number of carboxylic acid groups (broad SMARTS) is 1. The first-order chi connectivity index (χ1) is 17.9. The molecular weight excluding hydrogens is 490 g/mol. The van der Waals surface area contributed by atoms with E-state index in [1.807, 2.05) is 12.1 Å². The number of ether oxygens (including phenoxy) is 2. The number of anilines is 1. The van der Waals surface area contributed by atoms with Crippen LogP contribution in [0.3, 0.4) is 0 Å². The van der Waals surface area contributed by atoms with Crippen LogP contribution < -0.4 is 14.4 Å². The summed E-state index contributed by atoms with van der Waals surface area (Å²) in [6.45, 7) is 6.95. The molecule has 37 heavy (non-hydrogen) atoms. The van der Waals surface area contributed by atoms with E-state index < -0.39 is 11.8 Å². The largest absolute Gasteiger partial charge is 0.494 e. The molecule has 3 heterocycles. The number of thiophene rings is 1. The Kier molecular flexibility index (Phi) is 7.45. The molecule has 4 aromatic rings. The van der Waals surface area contributed by atoms with Crippen LogP contribution in [-0.2, 0) is 4.79 Å². The van der Waals surface area contributed by atoms with Gasteiger partial charge in [0.1, 0.15) is 5.75 Å². The number of benzene rings is 2. The number of carbonyl (C=O) groups is 1. The van der Waals surface area contributed by atoms with Gasteiger partial charge in [0.15, 0.2) is 0 Å². The van der Waals surface area contributed by atoms with Gasteiger partial charge >= 0.3 is 11.8 Å². The molecule has 194 valence electrons. The minimum absolute atomic E-state index is 0.0316. The SMILES string of the molecule is CC(O)(Oc1ccc2ccc(OCCCCN3CCN(c4cccc5sccc45)CC3)cc2n1)C(=O)O. The van der Waals surface area contributed by atoms with Crippen molar-refractivity contribution in [1.82, 2.24) is 9.88 Å². The van der Waals surface area contributed by atoms with Gasteiger partial charge in [0.05, 0.1) is 12.1 Å². The van der Waals surface area contributed by atoms with Gasteiger partial charge < -0.3 is 24.6 Å². The number of carboxylic acids is 1. The number of aliphatic carboxylic acids is 1. The van der Waals surface area contributed by atoms with Gasteiger partial charge in [-0.15, -0.1) is 11.3 Å². The van der Waals surface area contributed by atoms with Crippen molar-refractivity contribution in [2.24, 2.45) is 0 Å². The summed E-state index contributed by atoms with van der Waals surface area (Å²) >= 11 is 1.80. The second-order valence-electron chi connectivity index (χ2n) is 9.39. The van der Waals surface area contributed by atoms with E-state index in [9.17, 15) is 9.90 Å². The Morgan fingerprint density at radius 2 is 1.89 bits per heavy atom. The molecule has 5 rings (SSSR count). The fourth-order valence-corrected chi connectivity index (χ4v) is 5.37. The average Bonchev–Trinajstić information content (AvgIpc) is 3.38. The van der Waals surface area contributed by atoms with Crippen LogP contribution in [0.4, 0.5) is 5.69 Å². The molecule has 1 unspecified atom stereocenters. The molecule has 0 spiro atoms. The van der Waals surface area contributed by atoms with Crippen molar-refractivity contribution in [2.75, 3.05) is 44.2 Å². The highest BCUT2D eigenvalue weighted by Crippen LogP contribution is 2.31. The predicted molar refractivity (Wildman–Crippen MR) is 146 cm³/mol. The van der Waals surface area contributed by atoms with Crippen molar-refractivity contribution in [3.63, 3.8) is 0 Å². The number of hydrogen-bond acceptors (Lipinski definition) is 8. The van der Waals surface area contributed by atoms with Crippen molar-refractivity contribution in [1.29, 1.82) is 0 Å². The Balaban J connectivity index is 1.06. The van der Waals surface area contributed by atoms with Gasteiger partial charge in [0.25, 0.3) is 0 Å². The summed E-state index contributed by atoms with van der Waals surface area (Å²) in [5.41, 5.74) is 1.95. The highest BCUT2D eigenvalue weighted by Gasteiger charge is 2.33. The maximum atomic E-state index is 11.1. The zero-order valence-electron chi connectivity index (χ0n) is 20.8.